The Morgan fingerprint density at radius 2 is 1.43 bits per heavy atom. The summed E-state index contributed by atoms with van der Waals surface area (Å²) in [6.07, 6.45) is 3.47. The number of hydrogen-bond donors (Lipinski definition) is 1. The lowest BCUT2D eigenvalue weighted by Crippen LogP contribution is -2.25. The van der Waals surface area contributed by atoms with Crippen LogP contribution in [0.5, 0.6) is 5.75 Å². The summed E-state index contributed by atoms with van der Waals surface area (Å²) in [6.45, 7) is 1.29. The van der Waals surface area contributed by atoms with Crippen molar-refractivity contribution in [1.82, 2.24) is 9.88 Å². The summed E-state index contributed by atoms with van der Waals surface area (Å²) in [4.78, 5) is 13.2. The standard InChI is InChI=1S/C33H32N2O2/c1-37-29-18-16-27(17-19-29)23-35-24-31(30-14-8-9-15-32(30)35)28(20-25-10-4-2-5-11-25)21-33(36)34-22-26-12-6-3-7-13-26/h2-19,24,28H,20-23H2,1H3,(H,34,36). The lowest BCUT2D eigenvalue weighted by Gasteiger charge is -2.17. The van der Waals surface area contributed by atoms with Gasteiger partial charge in [0.2, 0.25) is 5.91 Å². The maximum atomic E-state index is 13.2. The van der Waals surface area contributed by atoms with E-state index in [1.54, 1.807) is 7.11 Å². The zero-order valence-electron chi connectivity index (χ0n) is 21.1. The average Bonchev–Trinajstić information content (AvgIpc) is 3.31. The second kappa shape index (κ2) is 11.6. The average molecular weight is 489 g/mol. The van der Waals surface area contributed by atoms with E-state index in [-0.39, 0.29) is 11.8 Å². The Bertz CT molecular complexity index is 1440. The summed E-state index contributed by atoms with van der Waals surface area (Å²) in [7, 11) is 1.68. The summed E-state index contributed by atoms with van der Waals surface area (Å²) in [6, 6.07) is 37.2. The van der Waals surface area contributed by atoms with Gasteiger partial charge in [-0.3, -0.25) is 4.79 Å². The van der Waals surface area contributed by atoms with Gasteiger partial charge in [0.1, 0.15) is 5.75 Å². The summed E-state index contributed by atoms with van der Waals surface area (Å²) in [5.41, 5.74) is 5.93. The van der Waals surface area contributed by atoms with Crippen molar-refractivity contribution in [3.63, 3.8) is 0 Å². The molecular weight excluding hydrogens is 456 g/mol. The second-order valence-corrected chi connectivity index (χ2v) is 9.43. The molecule has 0 fully saturated rings. The van der Waals surface area contributed by atoms with Gasteiger partial charge in [0.05, 0.1) is 7.11 Å². The van der Waals surface area contributed by atoms with Crippen LogP contribution in [0.15, 0.2) is 115 Å². The second-order valence-electron chi connectivity index (χ2n) is 9.43. The molecule has 5 aromatic rings. The number of fused-ring (bicyclic) bond motifs is 1. The highest BCUT2D eigenvalue weighted by atomic mass is 16.5. The number of aromatic nitrogens is 1. The van der Waals surface area contributed by atoms with Crippen LogP contribution in [0.2, 0.25) is 0 Å². The summed E-state index contributed by atoms with van der Waals surface area (Å²) in [5, 5.41) is 4.33. The van der Waals surface area contributed by atoms with E-state index in [4.69, 9.17) is 4.74 Å². The number of para-hydroxylation sites is 1. The van der Waals surface area contributed by atoms with Gasteiger partial charge in [-0.1, -0.05) is 91.0 Å². The number of carbonyl (C=O) groups is 1. The van der Waals surface area contributed by atoms with Crippen LogP contribution in [0.3, 0.4) is 0 Å². The molecular formula is C33H32N2O2. The third-order valence-corrected chi connectivity index (χ3v) is 6.86. The Morgan fingerprint density at radius 3 is 2.14 bits per heavy atom. The molecule has 4 nitrogen and oxygen atoms in total. The first-order valence-electron chi connectivity index (χ1n) is 12.7. The van der Waals surface area contributed by atoms with E-state index in [2.05, 4.69) is 76.7 Å². The van der Waals surface area contributed by atoms with Gasteiger partial charge in [0, 0.05) is 36.6 Å². The van der Waals surface area contributed by atoms with Gasteiger partial charge in [-0.25, -0.2) is 0 Å². The first-order chi connectivity index (χ1) is 18.2. The molecule has 1 unspecified atom stereocenters. The molecule has 0 aliphatic carbocycles. The quantitative estimate of drug-likeness (QED) is 0.237. The first kappa shape index (κ1) is 24.4. The van der Waals surface area contributed by atoms with Crippen LogP contribution in [-0.4, -0.2) is 17.6 Å². The van der Waals surface area contributed by atoms with Crippen LogP contribution < -0.4 is 10.1 Å². The zero-order chi connectivity index (χ0) is 25.5. The normalized spacial score (nSPS) is 11.8. The van der Waals surface area contributed by atoms with Crippen LogP contribution >= 0.6 is 0 Å². The summed E-state index contributed by atoms with van der Waals surface area (Å²) in [5.74, 6) is 0.975. The summed E-state index contributed by atoms with van der Waals surface area (Å²) >= 11 is 0. The molecule has 186 valence electrons. The lowest BCUT2D eigenvalue weighted by atomic mass is 9.88. The van der Waals surface area contributed by atoms with Crippen LogP contribution in [0.4, 0.5) is 0 Å². The van der Waals surface area contributed by atoms with E-state index in [0.717, 1.165) is 24.3 Å². The minimum Gasteiger partial charge on any atom is -0.497 e. The highest BCUT2D eigenvalue weighted by Gasteiger charge is 2.22. The predicted molar refractivity (Wildman–Crippen MR) is 150 cm³/mol. The zero-order valence-corrected chi connectivity index (χ0v) is 21.1. The molecule has 0 spiro atoms. The van der Waals surface area contributed by atoms with Crippen molar-refractivity contribution in [1.29, 1.82) is 0 Å². The van der Waals surface area contributed by atoms with E-state index in [1.165, 1.54) is 27.6 Å². The molecule has 1 aromatic heterocycles. The fraction of sp³-hybridized carbons (Fsp3) is 0.182. The van der Waals surface area contributed by atoms with Gasteiger partial charge in [0.25, 0.3) is 0 Å². The Kier molecular flexibility index (Phi) is 7.66. The van der Waals surface area contributed by atoms with Crippen molar-refractivity contribution in [2.75, 3.05) is 7.11 Å². The van der Waals surface area contributed by atoms with E-state index >= 15 is 0 Å². The van der Waals surface area contributed by atoms with Crippen molar-refractivity contribution in [3.8, 4) is 5.75 Å². The van der Waals surface area contributed by atoms with E-state index < -0.39 is 0 Å². The van der Waals surface area contributed by atoms with E-state index in [1.807, 2.05) is 48.5 Å². The molecule has 5 rings (SSSR count). The van der Waals surface area contributed by atoms with Crippen LogP contribution in [-0.2, 0) is 24.3 Å². The molecule has 1 atom stereocenters. The molecule has 0 aliphatic rings. The first-order valence-corrected chi connectivity index (χ1v) is 12.7. The van der Waals surface area contributed by atoms with Gasteiger partial charge >= 0.3 is 0 Å². The fourth-order valence-corrected chi connectivity index (χ4v) is 4.94. The molecule has 4 aromatic carbocycles. The molecule has 0 bridgehead atoms. The number of ether oxygens (including phenoxy) is 1. The molecule has 0 radical (unpaired) electrons. The summed E-state index contributed by atoms with van der Waals surface area (Å²) < 4.78 is 7.62. The Labute approximate surface area is 218 Å². The van der Waals surface area contributed by atoms with Crippen LogP contribution in [0.25, 0.3) is 10.9 Å². The van der Waals surface area contributed by atoms with Crippen molar-refractivity contribution < 1.29 is 9.53 Å². The molecule has 1 heterocycles. The number of methoxy groups -OCH3 is 1. The molecule has 0 saturated heterocycles. The number of nitrogens with one attached hydrogen (secondary N) is 1. The Balaban J connectivity index is 1.44. The van der Waals surface area contributed by atoms with E-state index in [0.29, 0.717) is 13.0 Å². The number of amides is 1. The van der Waals surface area contributed by atoms with Crippen molar-refractivity contribution in [2.45, 2.75) is 31.8 Å². The molecule has 0 aliphatic heterocycles. The number of nitrogens with zero attached hydrogens (tertiary/aromatic N) is 1. The maximum absolute atomic E-state index is 13.2. The third-order valence-electron chi connectivity index (χ3n) is 6.86. The lowest BCUT2D eigenvalue weighted by molar-refractivity contribution is -0.121. The van der Waals surface area contributed by atoms with Gasteiger partial charge in [0.15, 0.2) is 0 Å². The number of carbonyl (C=O) groups excluding carboxylic acids is 1. The molecule has 0 saturated carbocycles. The molecule has 1 amide bonds. The number of hydrogen-bond acceptors (Lipinski definition) is 2. The minimum atomic E-state index is 0.0557. The largest absolute Gasteiger partial charge is 0.497 e. The van der Waals surface area contributed by atoms with Crippen molar-refractivity contribution in [2.24, 2.45) is 0 Å². The van der Waals surface area contributed by atoms with Gasteiger partial charge in [-0.05, 0) is 52.8 Å². The van der Waals surface area contributed by atoms with Crippen molar-refractivity contribution in [3.05, 3.63) is 138 Å². The number of rotatable bonds is 10. The smallest absolute Gasteiger partial charge is 0.220 e. The van der Waals surface area contributed by atoms with Gasteiger partial charge in [-0.15, -0.1) is 0 Å². The highest BCUT2D eigenvalue weighted by Crippen LogP contribution is 2.33. The number of benzene rings is 4. The van der Waals surface area contributed by atoms with Crippen LogP contribution in [0, 0.1) is 0 Å². The van der Waals surface area contributed by atoms with Crippen LogP contribution in [0.1, 0.15) is 34.6 Å². The topological polar surface area (TPSA) is 43.3 Å². The van der Waals surface area contributed by atoms with E-state index in [9.17, 15) is 4.79 Å². The molecule has 1 N–H and O–H groups in total. The monoisotopic (exact) mass is 488 g/mol. The van der Waals surface area contributed by atoms with Gasteiger partial charge in [-0.2, -0.15) is 0 Å². The van der Waals surface area contributed by atoms with Crippen molar-refractivity contribution >= 4 is 16.8 Å². The highest BCUT2D eigenvalue weighted by molar-refractivity contribution is 5.86. The minimum absolute atomic E-state index is 0.0557. The maximum Gasteiger partial charge on any atom is 0.220 e. The predicted octanol–water partition coefficient (Wildman–Crippen LogP) is 6.73. The fourth-order valence-electron chi connectivity index (χ4n) is 4.94. The molecule has 37 heavy (non-hydrogen) atoms. The Morgan fingerprint density at radius 1 is 0.784 bits per heavy atom. The SMILES string of the molecule is COc1ccc(Cn2cc(C(CC(=O)NCc3ccccc3)Cc3ccccc3)c3ccccc32)cc1. The van der Waals surface area contributed by atoms with Gasteiger partial charge < -0.3 is 14.6 Å². The third kappa shape index (κ3) is 6.10. The molecule has 4 heteroatoms. The Hall–Kier alpha value is -4.31.